The molecule has 0 saturated carbocycles. The average Bonchev–Trinajstić information content (AvgIpc) is 2.36. The van der Waals surface area contributed by atoms with Crippen molar-refractivity contribution in [2.45, 2.75) is 45.7 Å². The van der Waals surface area contributed by atoms with Crippen LogP contribution in [-0.2, 0) is 0 Å². The van der Waals surface area contributed by atoms with Gasteiger partial charge in [0.15, 0.2) is 0 Å². The first-order valence-electron chi connectivity index (χ1n) is 6.04. The average molecular weight is 221 g/mol. The Hall–Kier alpha value is -1.09. The minimum absolute atomic E-state index is 0.0583. The van der Waals surface area contributed by atoms with Gasteiger partial charge in [0.05, 0.1) is 17.6 Å². The van der Waals surface area contributed by atoms with Crippen LogP contribution in [0.4, 0.5) is 5.69 Å². The third kappa shape index (κ3) is 2.95. The van der Waals surface area contributed by atoms with Gasteiger partial charge < -0.3 is 10.6 Å². The summed E-state index contributed by atoms with van der Waals surface area (Å²) in [7, 11) is 2.10. The van der Waals surface area contributed by atoms with Crippen LogP contribution in [0, 0.1) is 0 Å². The van der Waals surface area contributed by atoms with Gasteiger partial charge in [0.1, 0.15) is 0 Å². The first-order chi connectivity index (χ1) is 7.60. The molecule has 0 radical (unpaired) electrons. The maximum absolute atomic E-state index is 5.93. The molecule has 1 aromatic heterocycles. The number of pyridine rings is 1. The predicted molar refractivity (Wildman–Crippen MR) is 69.6 cm³/mol. The van der Waals surface area contributed by atoms with E-state index >= 15 is 0 Å². The molecular weight excluding hydrogens is 198 g/mol. The highest BCUT2D eigenvalue weighted by Gasteiger charge is 2.09. The van der Waals surface area contributed by atoms with Crippen molar-refractivity contribution in [2.75, 3.05) is 11.9 Å². The second kappa shape index (κ2) is 5.85. The maximum Gasteiger partial charge on any atom is 0.0572 e. The monoisotopic (exact) mass is 221 g/mol. The summed E-state index contributed by atoms with van der Waals surface area (Å²) in [6.07, 6.45) is 3.97. The summed E-state index contributed by atoms with van der Waals surface area (Å²) in [5, 5.41) is 0. The van der Waals surface area contributed by atoms with Crippen molar-refractivity contribution < 1.29 is 0 Å². The molecule has 0 bridgehead atoms. The van der Waals surface area contributed by atoms with Crippen LogP contribution in [0.5, 0.6) is 0 Å². The van der Waals surface area contributed by atoms with Crippen molar-refractivity contribution in [3.63, 3.8) is 0 Å². The molecule has 90 valence electrons. The summed E-state index contributed by atoms with van der Waals surface area (Å²) in [6, 6.07) is 4.72. The molecule has 0 aromatic carbocycles. The van der Waals surface area contributed by atoms with Crippen molar-refractivity contribution in [1.82, 2.24) is 4.98 Å². The Morgan fingerprint density at radius 2 is 2.00 bits per heavy atom. The van der Waals surface area contributed by atoms with E-state index < -0.39 is 0 Å². The van der Waals surface area contributed by atoms with E-state index in [-0.39, 0.29) is 6.04 Å². The molecule has 1 rings (SSSR count). The van der Waals surface area contributed by atoms with Gasteiger partial charge in [0.25, 0.3) is 0 Å². The normalized spacial score (nSPS) is 14.6. The molecule has 1 unspecified atom stereocenters. The molecule has 2 atom stereocenters. The van der Waals surface area contributed by atoms with E-state index in [1.54, 1.807) is 0 Å². The zero-order chi connectivity index (χ0) is 12.1. The van der Waals surface area contributed by atoms with Crippen LogP contribution in [0.1, 0.15) is 45.3 Å². The minimum Gasteiger partial charge on any atom is -0.371 e. The quantitative estimate of drug-likeness (QED) is 0.831. The van der Waals surface area contributed by atoms with Crippen LogP contribution in [0.2, 0.25) is 0 Å². The SMILES string of the molecule is CCC(C)N(C)c1ccc([C@H](N)CC)nc1. The van der Waals surface area contributed by atoms with Crippen LogP contribution in [0.25, 0.3) is 0 Å². The highest BCUT2D eigenvalue weighted by molar-refractivity contribution is 5.44. The fraction of sp³-hybridized carbons (Fsp3) is 0.615. The van der Waals surface area contributed by atoms with E-state index in [2.05, 4.69) is 43.8 Å². The topological polar surface area (TPSA) is 42.1 Å². The summed E-state index contributed by atoms with van der Waals surface area (Å²) in [5.41, 5.74) is 8.06. The van der Waals surface area contributed by atoms with E-state index in [0.29, 0.717) is 6.04 Å². The number of hydrogen-bond acceptors (Lipinski definition) is 3. The molecule has 0 aliphatic rings. The third-order valence-corrected chi connectivity index (χ3v) is 3.25. The fourth-order valence-electron chi connectivity index (χ4n) is 1.56. The highest BCUT2D eigenvalue weighted by atomic mass is 15.1. The first-order valence-corrected chi connectivity index (χ1v) is 6.04. The lowest BCUT2D eigenvalue weighted by molar-refractivity contribution is 0.656. The standard InChI is InChI=1S/C13H23N3/c1-5-10(3)16(4)11-7-8-13(15-9-11)12(14)6-2/h7-10,12H,5-6,14H2,1-4H3/t10?,12-/m1/s1. The van der Waals surface area contributed by atoms with Gasteiger partial charge in [-0.2, -0.15) is 0 Å². The van der Waals surface area contributed by atoms with E-state index in [4.69, 9.17) is 5.73 Å². The number of nitrogens with zero attached hydrogens (tertiary/aromatic N) is 2. The lowest BCUT2D eigenvalue weighted by Crippen LogP contribution is -2.28. The van der Waals surface area contributed by atoms with Gasteiger partial charge >= 0.3 is 0 Å². The van der Waals surface area contributed by atoms with Gasteiger partial charge in [0, 0.05) is 19.1 Å². The van der Waals surface area contributed by atoms with Crippen molar-refractivity contribution in [1.29, 1.82) is 0 Å². The van der Waals surface area contributed by atoms with Gasteiger partial charge in [-0.3, -0.25) is 4.98 Å². The Kier molecular flexibility index (Phi) is 4.74. The smallest absolute Gasteiger partial charge is 0.0572 e. The van der Waals surface area contributed by atoms with Gasteiger partial charge in [-0.1, -0.05) is 13.8 Å². The molecule has 3 heteroatoms. The van der Waals surface area contributed by atoms with Crippen LogP contribution < -0.4 is 10.6 Å². The van der Waals surface area contributed by atoms with E-state index in [1.165, 1.54) is 0 Å². The second-order valence-electron chi connectivity index (χ2n) is 4.32. The molecule has 0 spiro atoms. The van der Waals surface area contributed by atoms with Crippen LogP contribution in [0.15, 0.2) is 18.3 Å². The zero-order valence-electron chi connectivity index (χ0n) is 10.8. The van der Waals surface area contributed by atoms with Crippen molar-refractivity contribution >= 4 is 5.69 Å². The molecule has 3 nitrogen and oxygen atoms in total. The Labute approximate surface area is 98.7 Å². The number of aromatic nitrogens is 1. The van der Waals surface area contributed by atoms with Crippen LogP contribution in [-0.4, -0.2) is 18.1 Å². The molecule has 0 fully saturated rings. The summed E-state index contributed by atoms with van der Waals surface area (Å²) < 4.78 is 0. The molecule has 0 aliphatic carbocycles. The largest absolute Gasteiger partial charge is 0.371 e. The number of rotatable bonds is 5. The first kappa shape index (κ1) is 13.0. The summed E-state index contributed by atoms with van der Waals surface area (Å²) in [5.74, 6) is 0. The number of hydrogen-bond donors (Lipinski definition) is 1. The molecule has 1 aromatic rings. The lowest BCUT2D eigenvalue weighted by atomic mass is 10.1. The molecule has 1 heterocycles. The van der Waals surface area contributed by atoms with Crippen molar-refractivity contribution in [3.05, 3.63) is 24.0 Å². The van der Waals surface area contributed by atoms with Crippen LogP contribution >= 0.6 is 0 Å². The molecule has 2 N–H and O–H groups in total. The highest BCUT2D eigenvalue weighted by Crippen LogP contribution is 2.18. The lowest BCUT2D eigenvalue weighted by Gasteiger charge is -2.26. The van der Waals surface area contributed by atoms with Gasteiger partial charge in [-0.05, 0) is 31.9 Å². The van der Waals surface area contributed by atoms with E-state index in [0.717, 1.165) is 24.2 Å². The summed E-state index contributed by atoms with van der Waals surface area (Å²) >= 11 is 0. The Bertz CT molecular complexity index is 307. The number of anilines is 1. The van der Waals surface area contributed by atoms with E-state index in [1.807, 2.05) is 12.3 Å². The Morgan fingerprint density at radius 3 is 2.44 bits per heavy atom. The molecular formula is C13H23N3. The van der Waals surface area contributed by atoms with Gasteiger partial charge in [-0.15, -0.1) is 0 Å². The second-order valence-corrected chi connectivity index (χ2v) is 4.32. The van der Waals surface area contributed by atoms with Crippen molar-refractivity contribution in [2.24, 2.45) is 5.73 Å². The minimum atomic E-state index is 0.0583. The Balaban J connectivity index is 2.78. The summed E-state index contributed by atoms with van der Waals surface area (Å²) in [6.45, 7) is 6.48. The van der Waals surface area contributed by atoms with Crippen LogP contribution in [0.3, 0.4) is 0 Å². The van der Waals surface area contributed by atoms with E-state index in [9.17, 15) is 0 Å². The summed E-state index contributed by atoms with van der Waals surface area (Å²) in [4.78, 5) is 6.66. The fourth-order valence-corrected chi connectivity index (χ4v) is 1.56. The zero-order valence-corrected chi connectivity index (χ0v) is 10.8. The Morgan fingerprint density at radius 1 is 1.31 bits per heavy atom. The van der Waals surface area contributed by atoms with Gasteiger partial charge in [-0.25, -0.2) is 0 Å². The molecule has 0 aliphatic heterocycles. The van der Waals surface area contributed by atoms with Gasteiger partial charge in [0.2, 0.25) is 0 Å². The van der Waals surface area contributed by atoms with Crippen molar-refractivity contribution in [3.8, 4) is 0 Å². The molecule has 16 heavy (non-hydrogen) atoms. The third-order valence-electron chi connectivity index (χ3n) is 3.25. The maximum atomic E-state index is 5.93. The molecule has 0 amide bonds. The predicted octanol–water partition coefficient (Wildman–Crippen LogP) is 2.73. The number of nitrogens with two attached hydrogens (primary N) is 1. The molecule has 0 saturated heterocycles.